The lowest BCUT2D eigenvalue weighted by atomic mass is 10.6. The first-order valence-electron chi connectivity index (χ1n) is 2.24. The second-order valence-electron chi connectivity index (χ2n) is 2.61. The quantitative estimate of drug-likeness (QED) is 0.219. The number of quaternary nitrogens is 1. The Bertz CT molecular complexity index is 94.8. The molecule has 0 radical (unpaired) electrons. The number of halogens is 2. The van der Waals surface area contributed by atoms with Crippen LogP contribution in [0, 0.1) is 11.3 Å². The van der Waals surface area contributed by atoms with Crippen LogP contribution in [0.25, 0.3) is 0 Å². The van der Waals surface area contributed by atoms with E-state index in [0.717, 1.165) is 4.48 Å². The highest BCUT2D eigenvalue weighted by atomic mass is 127. The monoisotopic (exact) mass is 388 g/mol. The minimum Gasteiger partial charge on any atom is -1.00 e. The molecule has 2 nitrogen and oxygen atoms in total. The molecular weight excluding hydrogens is 373 g/mol. The molecule has 0 aromatic rings. The van der Waals surface area contributed by atoms with Crippen LogP contribution in [0.4, 0.5) is 0 Å². The molecule has 1 atom stereocenters. The van der Waals surface area contributed by atoms with Crippen LogP contribution < -0.4 is 24.0 Å². The Kier molecular flexibility index (Phi) is 23.3. The smallest absolute Gasteiger partial charge is 0.165 e. The first-order chi connectivity index (χ1) is 3.06. The van der Waals surface area contributed by atoms with Crippen molar-refractivity contribution in [1.82, 2.24) is 0 Å². The van der Waals surface area contributed by atoms with Gasteiger partial charge in [-0.3, -0.25) is 0 Å². The Morgan fingerprint density at radius 3 is 1.60 bits per heavy atom. The first kappa shape index (κ1) is 22.5. The summed E-state index contributed by atoms with van der Waals surface area (Å²) in [6.07, 6.45) is 0. The minimum atomic E-state index is 0. The Labute approximate surface area is 101 Å². The number of rotatable bonds is 1. The molecule has 0 heterocycles. The summed E-state index contributed by atoms with van der Waals surface area (Å²) in [7, 11) is 5.97. The van der Waals surface area contributed by atoms with Crippen LogP contribution in [0.1, 0.15) is 0 Å². The molecule has 0 aromatic heterocycles. The van der Waals surface area contributed by atoms with Crippen LogP contribution >= 0.6 is 33.9 Å². The highest BCUT2D eigenvalue weighted by Crippen LogP contribution is 1.84. The van der Waals surface area contributed by atoms with Gasteiger partial charge in [-0.05, 0) is 0 Å². The lowest BCUT2D eigenvalue weighted by Gasteiger charge is -2.18. The van der Waals surface area contributed by atoms with Crippen molar-refractivity contribution < 1.29 is 28.5 Å². The predicted molar refractivity (Wildman–Crippen MR) is 55.0 cm³/mol. The average Bonchev–Trinajstić information content (AvgIpc) is 1.30. The van der Waals surface area contributed by atoms with Gasteiger partial charge in [-0.25, -0.2) is 0 Å². The lowest BCUT2D eigenvalue weighted by Crippen LogP contribution is -3.00. The lowest BCUT2D eigenvalue weighted by molar-refractivity contribution is -0.863. The van der Waals surface area contributed by atoms with Crippen LogP contribution in [-0.2, 0) is 0 Å². The van der Waals surface area contributed by atoms with E-state index in [1.54, 1.807) is 0 Å². The fourth-order valence-corrected chi connectivity index (χ4v) is 0.212. The molecule has 0 aliphatic rings. The van der Waals surface area contributed by atoms with E-state index in [9.17, 15) is 0 Å². The number of nitriles is 1. The van der Waals surface area contributed by atoms with Crippen molar-refractivity contribution in [2.75, 3.05) is 27.7 Å². The molecular formula is C5H15I2N2P. The van der Waals surface area contributed by atoms with Crippen LogP contribution in [0.5, 0.6) is 0 Å². The van der Waals surface area contributed by atoms with Crippen molar-refractivity contribution in [2.24, 2.45) is 0 Å². The van der Waals surface area contributed by atoms with Crippen molar-refractivity contribution in [2.45, 2.75) is 0 Å². The summed E-state index contributed by atoms with van der Waals surface area (Å²) in [4.78, 5) is 0. The maximum atomic E-state index is 8.14. The van der Waals surface area contributed by atoms with Crippen molar-refractivity contribution >= 4 is 33.9 Å². The van der Waals surface area contributed by atoms with Gasteiger partial charge in [-0.1, -0.05) is 0 Å². The zero-order valence-corrected chi connectivity index (χ0v) is 12.5. The van der Waals surface area contributed by atoms with Gasteiger partial charge in [-0.15, -0.1) is 24.0 Å². The summed E-state index contributed by atoms with van der Waals surface area (Å²) >= 11 is 0. The molecule has 0 fully saturated rings. The standard InChI is InChI=1S/C5H11N2.2HI.H3P/c1-7(2,3)5-4-6;;;/h5H2,1-3H3;2*1H;1H3/q+1;;;/p-1. The zero-order valence-electron chi connectivity index (χ0n) is 6.59. The van der Waals surface area contributed by atoms with E-state index in [0.29, 0.717) is 6.54 Å². The molecule has 0 spiro atoms. The van der Waals surface area contributed by atoms with Gasteiger partial charge in [-0.2, -0.15) is 15.2 Å². The molecule has 0 rings (SSSR count). The summed E-state index contributed by atoms with van der Waals surface area (Å²) in [5.41, 5.74) is 0. The maximum Gasteiger partial charge on any atom is 0.165 e. The average molecular weight is 388 g/mol. The second-order valence-corrected chi connectivity index (χ2v) is 2.61. The highest BCUT2D eigenvalue weighted by molar-refractivity contribution is 14.0. The Hall–Kier alpha value is 1.34. The first-order valence-corrected chi connectivity index (χ1v) is 2.24. The summed E-state index contributed by atoms with van der Waals surface area (Å²) in [5, 5.41) is 8.14. The molecule has 10 heavy (non-hydrogen) atoms. The van der Waals surface area contributed by atoms with Crippen LogP contribution in [-0.4, -0.2) is 32.2 Å². The normalized spacial score (nSPS) is 7.40. The summed E-state index contributed by atoms with van der Waals surface area (Å²) in [6, 6.07) is 2.08. The van der Waals surface area contributed by atoms with Crippen molar-refractivity contribution in [3.05, 3.63) is 0 Å². The fraction of sp³-hybridized carbons (Fsp3) is 0.800. The van der Waals surface area contributed by atoms with E-state index in [1.165, 1.54) is 0 Å². The van der Waals surface area contributed by atoms with Gasteiger partial charge in [0.1, 0.15) is 6.07 Å². The van der Waals surface area contributed by atoms with Crippen molar-refractivity contribution in [3.8, 4) is 6.07 Å². The predicted octanol–water partition coefficient (Wildman–Crippen LogP) is -2.10. The van der Waals surface area contributed by atoms with Crippen molar-refractivity contribution in [3.63, 3.8) is 0 Å². The van der Waals surface area contributed by atoms with Crippen LogP contribution in [0.2, 0.25) is 0 Å². The zero-order chi connectivity index (χ0) is 5.91. The number of nitrogens with zero attached hydrogens (tertiary/aromatic N) is 2. The highest BCUT2D eigenvalue weighted by Gasteiger charge is 2.01. The van der Waals surface area contributed by atoms with Crippen LogP contribution in [0.3, 0.4) is 0 Å². The topological polar surface area (TPSA) is 23.8 Å². The number of hydrogen-bond acceptors (Lipinski definition) is 1. The molecule has 1 unspecified atom stereocenters. The Morgan fingerprint density at radius 2 is 1.60 bits per heavy atom. The molecule has 5 heteroatoms. The van der Waals surface area contributed by atoms with E-state index in [4.69, 9.17) is 5.26 Å². The third-order valence-corrected chi connectivity index (χ3v) is 0.545. The molecule has 0 aliphatic carbocycles. The fourth-order valence-electron chi connectivity index (χ4n) is 0.212. The molecule has 0 saturated carbocycles. The largest absolute Gasteiger partial charge is 1.00 e. The van der Waals surface area contributed by atoms with Crippen LogP contribution in [0.15, 0.2) is 0 Å². The molecule has 0 aromatic carbocycles. The van der Waals surface area contributed by atoms with E-state index >= 15 is 0 Å². The van der Waals surface area contributed by atoms with Gasteiger partial charge in [0, 0.05) is 0 Å². The van der Waals surface area contributed by atoms with Gasteiger partial charge in [0.25, 0.3) is 0 Å². The molecule has 0 N–H and O–H groups in total. The minimum absolute atomic E-state index is 0. The van der Waals surface area contributed by atoms with E-state index in [1.807, 2.05) is 21.1 Å². The van der Waals surface area contributed by atoms with Crippen molar-refractivity contribution in [1.29, 1.82) is 5.26 Å². The third-order valence-electron chi connectivity index (χ3n) is 0.545. The van der Waals surface area contributed by atoms with Gasteiger partial charge < -0.3 is 28.5 Å². The van der Waals surface area contributed by atoms with Gasteiger partial charge in [0.15, 0.2) is 6.54 Å². The second kappa shape index (κ2) is 10.3. The molecule has 0 bridgehead atoms. The Morgan fingerprint density at radius 1 is 1.30 bits per heavy atom. The SMILES string of the molecule is C[N+](C)(C)CC#N.I.P.[I-]. The number of hydrogen-bond donors (Lipinski definition) is 0. The summed E-state index contributed by atoms with van der Waals surface area (Å²) in [6.45, 7) is 0.583. The molecule has 0 saturated heterocycles. The Balaban J connectivity index is -0.0000000600. The summed E-state index contributed by atoms with van der Waals surface area (Å²) in [5.74, 6) is 0. The molecule has 64 valence electrons. The third kappa shape index (κ3) is 22.8. The van der Waals surface area contributed by atoms with E-state index in [2.05, 4.69) is 6.07 Å². The maximum absolute atomic E-state index is 8.14. The summed E-state index contributed by atoms with van der Waals surface area (Å²) < 4.78 is 0.733. The van der Waals surface area contributed by atoms with Gasteiger partial charge in [0.2, 0.25) is 0 Å². The van der Waals surface area contributed by atoms with Gasteiger partial charge in [0.05, 0.1) is 21.1 Å². The molecule has 0 amide bonds. The van der Waals surface area contributed by atoms with Gasteiger partial charge >= 0.3 is 0 Å². The molecule has 0 aliphatic heterocycles. The van der Waals surface area contributed by atoms with E-state index in [-0.39, 0.29) is 57.9 Å². The van der Waals surface area contributed by atoms with E-state index < -0.39 is 0 Å².